The van der Waals surface area contributed by atoms with Crippen LogP contribution >= 0.6 is 11.8 Å². The van der Waals surface area contributed by atoms with Crippen molar-refractivity contribution >= 4 is 29.6 Å². The number of hydrogen-bond donors (Lipinski definition) is 1. The van der Waals surface area contributed by atoms with Gasteiger partial charge in [-0.3, -0.25) is 4.79 Å². The number of ether oxygens (including phenoxy) is 1. The summed E-state index contributed by atoms with van der Waals surface area (Å²) in [5, 5.41) is 16.6. The van der Waals surface area contributed by atoms with E-state index in [0.717, 1.165) is 0 Å². The number of hydrogen-bond acceptors (Lipinski definition) is 7. The number of carbonyl (C=O) groups excluding carboxylic acids is 2. The van der Waals surface area contributed by atoms with Crippen LogP contribution in [-0.4, -0.2) is 56.2 Å². The molecular weight excluding hydrogens is 310 g/mol. The molecule has 1 spiro atoms. The fourth-order valence-corrected chi connectivity index (χ4v) is 4.65. The van der Waals surface area contributed by atoms with Crippen LogP contribution in [0.1, 0.15) is 20.8 Å². The monoisotopic (exact) mass is 325 g/mol. The van der Waals surface area contributed by atoms with E-state index in [1.807, 2.05) is 0 Å². The lowest BCUT2D eigenvalue weighted by molar-refractivity contribution is -0.162. The van der Waals surface area contributed by atoms with Crippen LogP contribution in [0.2, 0.25) is 0 Å². The van der Waals surface area contributed by atoms with Gasteiger partial charge in [0.05, 0.1) is 6.61 Å². The van der Waals surface area contributed by atoms with Crippen molar-refractivity contribution in [1.82, 2.24) is 4.90 Å². The summed E-state index contributed by atoms with van der Waals surface area (Å²) in [4.78, 5) is 37.0. The number of carbonyl (C=O) groups is 3. The van der Waals surface area contributed by atoms with Crippen LogP contribution in [-0.2, 0) is 19.1 Å². The Kier molecular flexibility index (Phi) is 3.10. The number of β-lactam (4-membered cyclic amide) rings is 1. The van der Waals surface area contributed by atoms with Gasteiger partial charge in [-0.15, -0.1) is 16.9 Å². The molecule has 3 atom stereocenters. The van der Waals surface area contributed by atoms with E-state index in [4.69, 9.17) is 4.74 Å². The molecule has 0 saturated carbocycles. The third-order valence-corrected chi connectivity index (χ3v) is 5.60. The van der Waals surface area contributed by atoms with Crippen LogP contribution in [0.15, 0.2) is 22.0 Å². The van der Waals surface area contributed by atoms with Crippen LogP contribution in [0.5, 0.6) is 0 Å². The van der Waals surface area contributed by atoms with Crippen molar-refractivity contribution in [2.75, 3.05) is 6.61 Å². The minimum Gasteiger partial charge on any atom is -0.480 e. The Hall–Kier alpha value is -1.90. The Balaban J connectivity index is 1.92. The number of carboxylic acid groups (broad SMARTS) is 1. The van der Waals surface area contributed by atoms with Crippen molar-refractivity contribution in [1.29, 1.82) is 0 Å². The van der Waals surface area contributed by atoms with Gasteiger partial charge in [0.2, 0.25) is 5.54 Å². The van der Waals surface area contributed by atoms with Gasteiger partial charge in [-0.1, -0.05) is 0 Å². The molecule has 2 saturated heterocycles. The summed E-state index contributed by atoms with van der Waals surface area (Å²) < 4.78 is 4.20. The first-order chi connectivity index (χ1) is 10.2. The molecule has 0 aromatic heterocycles. The van der Waals surface area contributed by atoms with E-state index in [0.29, 0.717) is 0 Å². The molecule has 8 nitrogen and oxygen atoms in total. The first-order valence-corrected chi connectivity index (χ1v) is 7.69. The van der Waals surface area contributed by atoms with Gasteiger partial charge in [0.25, 0.3) is 5.91 Å². The third kappa shape index (κ3) is 1.74. The molecule has 2 fully saturated rings. The summed E-state index contributed by atoms with van der Waals surface area (Å²) in [5.74, 6) is -2.12. The van der Waals surface area contributed by atoms with Crippen molar-refractivity contribution in [3.63, 3.8) is 0 Å². The van der Waals surface area contributed by atoms with Gasteiger partial charge in [-0.2, -0.15) is 5.11 Å². The zero-order valence-electron chi connectivity index (χ0n) is 12.3. The zero-order chi connectivity index (χ0) is 16.3. The smallest absolute Gasteiger partial charge is 0.358 e. The molecule has 0 aromatic carbocycles. The lowest BCUT2D eigenvalue weighted by Crippen LogP contribution is -2.71. The minimum absolute atomic E-state index is 0.00738. The second-order valence-corrected chi connectivity index (χ2v) is 7.54. The number of fused-ring (bicyclic) bond motifs is 2. The number of nitrogens with zero attached hydrogens (tertiary/aromatic N) is 3. The van der Waals surface area contributed by atoms with Crippen molar-refractivity contribution in [2.24, 2.45) is 10.2 Å². The maximum Gasteiger partial charge on any atom is 0.358 e. The van der Waals surface area contributed by atoms with Crippen LogP contribution in [0, 0.1) is 0 Å². The van der Waals surface area contributed by atoms with Gasteiger partial charge in [-0.05, 0) is 26.8 Å². The molecule has 0 aliphatic carbocycles. The number of thioether (sulfide) groups is 1. The van der Waals surface area contributed by atoms with Crippen molar-refractivity contribution in [2.45, 2.75) is 42.5 Å². The summed E-state index contributed by atoms with van der Waals surface area (Å²) in [6.07, 6.45) is 1.39. The van der Waals surface area contributed by atoms with E-state index in [1.165, 1.54) is 22.7 Å². The average molecular weight is 325 g/mol. The summed E-state index contributed by atoms with van der Waals surface area (Å²) in [6, 6.07) is -0.920. The molecule has 0 bridgehead atoms. The van der Waals surface area contributed by atoms with E-state index in [-0.39, 0.29) is 12.3 Å². The fraction of sp³-hybridized carbons (Fsp3) is 0.615. The maximum atomic E-state index is 12.5. The predicted octanol–water partition coefficient (Wildman–Crippen LogP) is 0.785. The topological polar surface area (TPSA) is 109 Å². The van der Waals surface area contributed by atoms with Gasteiger partial charge in [0.15, 0.2) is 5.70 Å². The average Bonchev–Trinajstić information content (AvgIpc) is 2.98. The van der Waals surface area contributed by atoms with Gasteiger partial charge in [0, 0.05) is 4.75 Å². The second-order valence-electron chi connectivity index (χ2n) is 5.80. The quantitative estimate of drug-likeness (QED) is 0.607. The maximum absolute atomic E-state index is 12.5. The summed E-state index contributed by atoms with van der Waals surface area (Å²) in [6.45, 7) is 5.42. The Morgan fingerprint density at radius 2 is 2.18 bits per heavy atom. The number of aliphatic carboxylic acids is 1. The van der Waals surface area contributed by atoms with Crippen LogP contribution in [0.4, 0.5) is 0 Å². The highest BCUT2D eigenvalue weighted by atomic mass is 32.2. The highest BCUT2D eigenvalue weighted by Gasteiger charge is 2.72. The lowest BCUT2D eigenvalue weighted by atomic mass is 9.85. The molecule has 3 heterocycles. The van der Waals surface area contributed by atoms with Gasteiger partial charge < -0.3 is 14.7 Å². The molecule has 1 amide bonds. The van der Waals surface area contributed by atoms with Crippen LogP contribution in [0.25, 0.3) is 0 Å². The van der Waals surface area contributed by atoms with E-state index >= 15 is 0 Å². The highest BCUT2D eigenvalue weighted by molar-refractivity contribution is 8.01. The number of azo groups is 1. The first-order valence-electron chi connectivity index (χ1n) is 6.81. The van der Waals surface area contributed by atoms with E-state index in [2.05, 4.69) is 10.2 Å². The Bertz CT molecular complexity index is 644. The molecule has 3 rings (SSSR count). The molecule has 118 valence electrons. The molecule has 1 unspecified atom stereocenters. The largest absolute Gasteiger partial charge is 0.480 e. The van der Waals surface area contributed by atoms with E-state index in [9.17, 15) is 19.5 Å². The molecule has 22 heavy (non-hydrogen) atoms. The van der Waals surface area contributed by atoms with Gasteiger partial charge in [0.1, 0.15) is 11.4 Å². The zero-order valence-corrected chi connectivity index (χ0v) is 13.1. The molecule has 1 N–H and O–H groups in total. The van der Waals surface area contributed by atoms with Crippen LogP contribution in [0.3, 0.4) is 0 Å². The van der Waals surface area contributed by atoms with Crippen molar-refractivity contribution in [3.8, 4) is 0 Å². The molecule has 3 aliphatic heterocycles. The predicted molar refractivity (Wildman–Crippen MR) is 76.0 cm³/mol. The molecule has 9 heteroatoms. The van der Waals surface area contributed by atoms with Gasteiger partial charge >= 0.3 is 11.9 Å². The second kappa shape index (κ2) is 4.55. The summed E-state index contributed by atoms with van der Waals surface area (Å²) in [7, 11) is 0. The molecular formula is C13H15N3O5S. The lowest BCUT2D eigenvalue weighted by Gasteiger charge is -2.47. The van der Waals surface area contributed by atoms with E-state index < -0.39 is 39.5 Å². The standard InChI is InChI=1S/C13H15N3O5S/c1-4-21-9(19)6-5-13(15-14-6)10(20)16-7(8(17)18)12(2,3)22-11(13)16/h5,7,11H,4H2,1-3H3,(H,17,18)/t7-,11+,13?/m0/s1. The molecule has 0 aromatic rings. The number of rotatable bonds is 3. The minimum atomic E-state index is -1.27. The van der Waals surface area contributed by atoms with Crippen LogP contribution < -0.4 is 0 Å². The van der Waals surface area contributed by atoms with Crippen molar-refractivity contribution < 1.29 is 24.2 Å². The van der Waals surface area contributed by atoms with Crippen molar-refractivity contribution in [3.05, 3.63) is 11.8 Å². The normalized spacial score (nSPS) is 34.4. The SMILES string of the molecule is CCOC(=O)C1=CC2(N=N1)C(=O)N1[C@@H](C(=O)O)C(C)(C)S[C@@H]12. The first kappa shape index (κ1) is 15.0. The van der Waals surface area contributed by atoms with Gasteiger partial charge in [-0.25, -0.2) is 9.59 Å². The third-order valence-electron chi connectivity index (χ3n) is 3.96. The summed E-state index contributed by atoms with van der Waals surface area (Å²) in [5.41, 5.74) is -1.28. The number of esters is 1. The molecule has 3 aliphatic rings. The fourth-order valence-electron chi connectivity index (χ4n) is 3.00. The Morgan fingerprint density at radius 3 is 2.77 bits per heavy atom. The number of carboxylic acids is 1. The highest BCUT2D eigenvalue weighted by Crippen LogP contribution is 2.58. The Morgan fingerprint density at radius 1 is 1.50 bits per heavy atom. The van der Waals surface area contributed by atoms with E-state index in [1.54, 1.807) is 20.8 Å². The summed E-state index contributed by atoms with van der Waals surface area (Å²) >= 11 is 1.35. The number of amides is 1. The molecule has 0 radical (unpaired) electrons. The Labute approximate surface area is 130 Å².